The van der Waals surface area contributed by atoms with Crippen LogP contribution in [0.5, 0.6) is 0 Å². The quantitative estimate of drug-likeness (QED) is 0.809. The predicted molar refractivity (Wildman–Crippen MR) is 71.7 cm³/mol. The largest absolute Gasteiger partial charge is 0.457 e. The minimum Gasteiger partial charge on any atom is -0.457 e. The van der Waals surface area contributed by atoms with Crippen molar-refractivity contribution in [2.45, 2.75) is 6.61 Å². The minimum atomic E-state index is -0.567. The lowest BCUT2D eigenvalue weighted by molar-refractivity contribution is 0.0473. The summed E-state index contributed by atoms with van der Waals surface area (Å²) in [5.74, 6) is -1.02. The van der Waals surface area contributed by atoms with Crippen molar-refractivity contribution >= 4 is 17.6 Å². The number of hydrogen-bond donors (Lipinski definition) is 0. The Labute approximate surface area is 120 Å². The molecule has 0 atom stereocenters. The Hall–Kier alpha value is -2.38. The third-order valence-electron chi connectivity index (χ3n) is 2.60. The zero-order chi connectivity index (χ0) is 14.5. The number of hydrogen-bond acceptors (Lipinski definition) is 3. The van der Waals surface area contributed by atoms with Gasteiger partial charge in [-0.1, -0.05) is 23.7 Å². The van der Waals surface area contributed by atoms with E-state index in [0.29, 0.717) is 11.1 Å². The highest BCUT2D eigenvalue weighted by molar-refractivity contribution is 6.31. The molecule has 100 valence electrons. The summed E-state index contributed by atoms with van der Waals surface area (Å²) in [6.45, 7) is -0.0608. The first kappa shape index (κ1) is 14.0. The summed E-state index contributed by atoms with van der Waals surface area (Å²) in [4.78, 5) is 11.8. The highest BCUT2D eigenvalue weighted by Crippen LogP contribution is 2.18. The second-order valence-corrected chi connectivity index (χ2v) is 4.41. The van der Waals surface area contributed by atoms with Gasteiger partial charge in [0.25, 0.3) is 0 Å². The predicted octanol–water partition coefficient (Wildman–Crippen LogP) is 3.71. The molecule has 0 bridgehead atoms. The third kappa shape index (κ3) is 3.34. The number of carbonyl (C=O) groups is 1. The normalized spacial score (nSPS) is 9.85. The second-order valence-electron chi connectivity index (χ2n) is 4.00. The second kappa shape index (κ2) is 6.18. The molecule has 0 spiro atoms. The van der Waals surface area contributed by atoms with E-state index in [2.05, 4.69) is 0 Å². The average Bonchev–Trinajstić information content (AvgIpc) is 2.46. The van der Waals surface area contributed by atoms with Gasteiger partial charge < -0.3 is 4.74 Å². The number of rotatable bonds is 3. The maximum absolute atomic E-state index is 12.9. The summed E-state index contributed by atoms with van der Waals surface area (Å²) in [7, 11) is 0. The molecule has 0 aliphatic rings. The van der Waals surface area contributed by atoms with E-state index in [4.69, 9.17) is 21.6 Å². The van der Waals surface area contributed by atoms with E-state index in [1.807, 2.05) is 6.07 Å². The minimum absolute atomic E-state index is 0.0608. The van der Waals surface area contributed by atoms with E-state index in [0.717, 1.165) is 6.07 Å². The van der Waals surface area contributed by atoms with Gasteiger partial charge in [-0.15, -0.1) is 0 Å². The number of nitrogens with zero attached hydrogens (tertiary/aromatic N) is 1. The fraction of sp³-hybridized carbons (Fsp3) is 0.0667. The fourth-order valence-corrected chi connectivity index (χ4v) is 1.80. The highest BCUT2D eigenvalue weighted by Gasteiger charge is 2.10. The lowest BCUT2D eigenvalue weighted by atomic mass is 10.1. The van der Waals surface area contributed by atoms with Crippen LogP contribution in [0.25, 0.3) is 0 Å². The van der Waals surface area contributed by atoms with Gasteiger partial charge in [-0.2, -0.15) is 5.26 Å². The molecule has 0 saturated heterocycles. The Morgan fingerprint density at radius 3 is 2.80 bits per heavy atom. The Morgan fingerprint density at radius 1 is 1.30 bits per heavy atom. The van der Waals surface area contributed by atoms with Gasteiger partial charge in [0.15, 0.2) is 0 Å². The van der Waals surface area contributed by atoms with Gasteiger partial charge >= 0.3 is 5.97 Å². The van der Waals surface area contributed by atoms with Gasteiger partial charge in [-0.3, -0.25) is 0 Å². The van der Waals surface area contributed by atoms with Gasteiger partial charge in [0.05, 0.1) is 22.2 Å². The molecule has 20 heavy (non-hydrogen) atoms. The van der Waals surface area contributed by atoms with Crippen LogP contribution in [0, 0.1) is 17.1 Å². The summed E-state index contributed by atoms with van der Waals surface area (Å²) in [6.07, 6.45) is 0. The summed E-state index contributed by atoms with van der Waals surface area (Å²) in [5.41, 5.74) is 1.17. The summed E-state index contributed by atoms with van der Waals surface area (Å²) < 4.78 is 18.0. The van der Waals surface area contributed by atoms with E-state index < -0.39 is 11.8 Å². The topological polar surface area (TPSA) is 50.1 Å². The molecule has 0 aromatic heterocycles. The Kier molecular flexibility index (Phi) is 4.34. The van der Waals surface area contributed by atoms with Crippen LogP contribution in [0.4, 0.5) is 4.39 Å². The molecule has 2 aromatic rings. The van der Waals surface area contributed by atoms with Crippen LogP contribution in [0.1, 0.15) is 21.5 Å². The van der Waals surface area contributed by atoms with E-state index in [1.165, 1.54) is 18.2 Å². The molecular weight excluding hydrogens is 281 g/mol. The number of nitriles is 1. The van der Waals surface area contributed by atoms with Crippen LogP contribution in [0.3, 0.4) is 0 Å². The van der Waals surface area contributed by atoms with Gasteiger partial charge in [-0.05, 0) is 30.3 Å². The molecule has 0 radical (unpaired) electrons. The zero-order valence-corrected chi connectivity index (χ0v) is 11.0. The number of esters is 1. The molecule has 0 aliphatic heterocycles. The van der Waals surface area contributed by atoms with Crippen LogP contribution < -0.4 is 0 Å². The fourth-order valence-electron chi connectivity index (χ4n) is 1.58. The van der Waals surface area contributed by atoms with Crippen molar-refractivity contribution < 1.29 is 13.9 Å². The van der Waals surface area contributed by atoms with E-state index in [9.17, 15) is 9.18 Å². The molecule has 0 fully saturated rings. The van der Waals surface area contributed by atoms with Crippen LogP contribution in [0.2, 0.25) is 5.02 Å². The number of benzene rings is 2. The van der Waals surface area contributed by atoms with Gasteiger partial charge in [-0.25, -0.2) is 9.18 Å². The lowest BCUT2D eigenvalue weighted by Crippen LogP contribution is -2.05. The Morgan fingerprint density at radius 2 is 2.10 bits per heavy atom. The van der Waals surface area contributed by atoms with E-state index >= 15 is 0 Å². The molecule has 0 heterocycles. The summed E-state index contributed by atoms with van der Waals surface area (Å²) >= 11 is 5.83. The van der Waals surface area contributed by atoms with Crippen LogP contribution >= 0.6 is 11.6 Å². The maximum Gasteiger partial charge on any atom is 0.338 e. The first-order chi connectivity index (χ1) is 9.60. The van der Waals surface area contributed by atoms with Crippen molar-refractivity contribution in [1.82, 2.24) is 0 Å². The highest BCUT2D eigenvalue weighted by atomic mass is 35.5. The number of halogens is 2. The smallest absolute Gasteiger partial charge is 0.338 e. The SMILES string of the molecule is N#Cc1cccc(C(=O)OCc2ccc(F)cc2Cl)c1. The monoisotopic (exact) mass is 289 g/mol. The van der Waals surface area contributed by atoms with Crippen molar-refractivity contribution in [2.24, 2.45) is 0 Å². The van der Waals surface area contributed by atoms with Gasteiger partial charge in [0.1, 0.15) is 12.4 Å². The lowest BCUT2D eigenvalue weighted by Gasteiger charge is -2.07. The average molecular weight is 290 g/mol. The first-order valence-corrected chi connectivity index (χ1v) is 6.09. The van der Waals surface area contributed by atoms with Crippen molar-refractivity contribution in [1.29, 1.82) is 5.26 Å². The molecule has 0 saturated carbocycles. The Bertz CT molecular complexity index is 695. The summed E-state index contributed by atoms with van der Waals surface area (Å²) in [5, 5.41) is 8.96. The van der Waals surface area contributed by atoms with Crippen molar-refractivity contribution in [3.8, 4) is 6.07 Å². The Balaban J connectivity index is 2.07. The molecule has 2 rings (SSSR count). The first-order valence-electron chi connectivity index (χ1n) is 5.71. The molecule has 3 nitrogen and oxygen atoms in total. The molecule has 0 unspecified atom stereocenters. The van der Waals surface area contributed by atoms with Gasteiger partial charge in [0, 0.05) is 5.56 Å². The molecule has 0 amide bonds. The molecular formula is C15H9ClFNO2. The number of carbonyl (C=O) groups excluding carboxylic acids is 1. The molecule has 0 aliphatic carbocycles. The van der Waals surface area contributed by atoms with E-state index in [1.54, 1.807) is 18.2 Å². The maximum atomic E-state index is 12.9. The molecule has 0 N–H and O–H groups in total. The van der Waals surface area contributed by atoms with Crippen LogP contribution in [-0.2, 0) is 11.3 Å². The molecule has 2 aromatic carbocycles. The molecule has 5 heteroatoms. The van der Waals surface area contributed by atoms with Crippen molar-refractivity contribution in [2.75, 3.05) is 0 Å². The van der Waals surface area contributed by atoms with Crippen molar-refractivity contribution in [3.05, 3.63) is 70.0 Å². The summed E-state index contributed by atoms with van der Waals surface area (Å²) in [6, 6.07) is 12.0. The van der Waals surface area contributed by atoms with E-state index in [-0.39, 0.29) is 17.2 Å². The standard InChI is InChI=1S/C15H9ClFNO2/c16-14-7-13(17)5-4-12(14)9-20-15(19)11-3-1-2-10(6-11)8-18/h1-7H,9H2. The zero-order valence-electron chi connectivity index (χ0n) is 10.3. The van der Waals surface area contributed by atoms with Crippen LogP contribution in [0.15, 0.2) is 42.5 Å². The third-order valence-corrected chi connectivity index (χ3v) is 2.95. The van der Waals surface area contributed by atoms with Crippen LogP contribution in [-0.4, -0.2) is 5.97 Å². The van der Waals surface area contributed by atoms with Crippen molar-refractivity contribution in [3.63, 3.8) is 0 Å². The van der Waals surface area contributed by atoms with Gasteiger partial charge in [0.2, 0.25) is 0 Å². The number of ether oxygens (including phenoxy) is 1.